The monoisotopic (exact) mass is 266 g/mol. The number of carbonyl (C=O) groups is 2. The van der Waals surface area contributed by atoms with Gasteiger partial charge in [0.15, 0.2) is 5.78 Å². The Kier molecular flexibility index (Phi) is 2.19. The second kappa shape index (κ2) is 3.27. The van der Waals surface area contributed by atoms with Crippen molar-refractivity contribution in [1.29, 1.82) is 5.41 Å². The van der Waals surface area contributed by atoms with E-state index in [9.17, 15) is 9.59 Å². The van der Waals surface area contributed by atoms with Gasteiger partial charge < -0.3 is 5.73 Å². The van der Waals surface area contributed by atoms with Gasteiger partial charge in [0.1, 0.15) is 10.5 Å². The number of nitrogens with one attached hydrogen (secondary N) is 1. The molecule has 1 aromatic rings. The average molecular weight is 267 g/mol. The third-order valence-electron chi connectivity index (χ3n) is 2.32. The van der Waals surface area contributed by atoms with E-state index in [4.69, 9.17) is 11.1 Å². The highest BCUT2D eigenvalue weighted by molar-refractivity contribution is 9.10. The zero-order chi connectivity index (χ0) is 11.2. The van der Waals surface area contributed by atoms with Crippen LogP contribution in [0.25, 0.3) is 0 Å². The first kappa shape index (κ1) is 10.0. The van der Waals surface area contributed by atoms with Gasteiger partial charge in [-0.3, -0.25) is 15.0 Å². The zero-order valence-corrected chi connectivity index (χ0v) is 9.17. The highest BCUT2D eigenvalue weighted by Gasteiger charge is 2.36. The first-order valence-corrected chi connectivity index (χ1v) is 5.15. The third kappa shape index (κ3) is 1.31. The minimum Gasteiger partial charge on any atom is -0.398 e. The molecule has 0 spiro atoms. The van der Waals surface area contributed by atoms with Gasteiger partial charge in [0.05, 0.1) is 5.56 Å². The number of anilines is 1. The molecule has 0 radical (unpaired) electrons. The maximum atomic E-state index is 11.7. The van der Waals surface area contributed by atoms with E-state index in [1.807, 2.05) is 0 Å². The van der Waals surface area contributed by atoms with Crippen molar-refractivity contribution in [3.63, 3.8) is 0 Å². The van der Waals surface area contributed by atoms with E-state index in [2.05, 4.69) is 15.9 Å². The number of hydrogen-bond acceptors (Lipinski definition) is 4. The van der Waals surface area contributed by atoms with Crippen LogP contribution in [0.15, 0.2) is 18.2 Å². The number of hydrogen-bond donors (Lipinski definition) is 2. The molecule has 0 heterocycles. The molecule has 0 saturated carbocycles. The minimum atomic E-state index is -0.848. The average Bonchev–Trinajstić information content (AvgIpc) is 2.23. The fourth-order valence-electron chi connectivity index (χ4n) is 1.55. The van der Waals surface area contributed by atoms with E-state index in [0.29, 0.717) is 0 Å². The maximum absolute atomic E-state index is 11.7. The van der Waals surface area contributed by atoms with Crippen molar-refractivity contribution in [2.75, 3.05) is 5.73 Å². The van der Waals surface area contributed by atoms with Crippen LogP contribution in [0.4, 0.5) is 5.69 Å². The molecule has 0 bridgehead atoms. The largest absolute Gasteiger partial charge is 0.398 e. The van der Waals surface area contributed by atoms with Gasteiger partial charge in [0, 0.05) is 11.3 Å². The topological polar surface area (TPSA) is 84.0 Å². The van der Waals surface area contributed by atoms with Crippen LogP contribution < -0.4 is 5.73 Å². The molecule has 1 aliphatic carbocycles. The first-order valence-electron chi connectivity index (χ1n) is 4.24. The van der Waals surface area contributed by atoms with E-state index < -0.39 is 10.6 Å². The van der Waals surface area contributed by atoms with E-state index in [0.717, 1.165) is 0 Å². The molecular formula is C10H7BrN2O2. The fraction of sp³-hybridized carbons (Fsp3) is 0.100. The Balaban J connectivity index is 2.75. The Labute approximate surface area is 94.1 Å². The summed E-state index contributed by atoms with van der Waals surface area (Å²) in [5, 5.41) is 7.49. The van der Waals surface area contributed by atoms with Crippen molar-refractivity contribution in [2.45, 2.75) is 4.83 Å². The molecule has 4 nitrogen and oxygen atoms in total. The Morgan fingerprint density at radius 1 is 1.33 bits per heavy atom. The number of ketones is 2. The van der Waals surface area contributed by atoms with Gasteiger partial charge in [-0.05, 0) is 6.07 Å². The predicted molar refractivity (Wildman–Crippen MR) is 60.0 cm³/mol. The molecule has 0 fully saturated rings. The van der Waals surface area contributed by atoms with Gasteiger partial charge >= 0.3 is 0 Å². The first-order chi connectivity index (χ1) is 7.04. The molecule has 76 valence electrons. The summed E-state index contributed by atoms with van der Waals surface area (Å²) in [7, 11) is 0. The molecule has 1 aliphatic rings. The lowest BCUT2D eigenvalue weighted by Crippen LogP contribution is -2.37. The Bertz CT molecular complexity index is 496. The van der Waals surface area contributed by atoms with E-state index in [-0.39, 0.29) is 28.3 Å². The highest BCUT2D eigenvalue weighted by Crippen LogP contribution is 2.27. The summed E-state index contributed by atoms with van der Waals surface area (Å²) in [5.41, 5.74) is 6.05. The van der Waals surface area contributed by atoms with E-state index >= 15 is 0 Å². The molecular weight excluding hydrogens is 260 g/mol. The summed E-state index contributed by atoms with van der Waals surface area (Å²) in [6.45, 7) is 0. The number of halogens is 1. The third-order valence-corrected chi connectivity index (χ3v) is 3.19. The maximum Gasteiger partial charge on any atom is 0.210 e. The van der Waals surface area contributed by atoms with Gasteiger partial charge in [-0.15, -0.1) is 0 Å². The van der Waals surface area contributed by atoms with Crippen molar-refractivity contribution in [1.82, 2.24) is 0 Å². The van der Waals surface area contributed by atoms with Crippen molar-refractivity contribution in [3.8, 4) is 0 Å². The standard InChI is InChI=1S/C10H7BrN2O2/c11-7-8(13)10(15)6-4(9(7)14)2-1-3-5(6)12/h1-3,7,13H,12H2. The van der Waals surface area contributed by atoms with E-state index in [1.165, 1.54) is 0 Å². The summed E-state index contributed by atoms with van der Waals surface area (Å²) in [4.78, 5) is 22.6. The normalized spacial score (nSPS) is 20.3. The highest BCUT2D eigenvalue weighted by atomic mass is 79.9. The zero-order valence-electron chi connectivity index (χ0n) is 7.58. The Morgan fingerprint density at radius 2 is 2.00 bits per heavy atom. The van der Waals surface area contributed by atoms with Crippen molar-refractivity contribution in [2.24, 2.45) is 0 Å². The summed E-state index contributed by atoms with van der Waals surface area (Å²) in [6.07, 6.45) is 0. The second-order valence-corrected chi connectivity index (χ2v) is 4.16. The van der Waals surface area contributed by atoms with Crippen molar-refractivity contribution in [3.05, 3.63) is 29.3 Å². The number of rotatable bonds is 0. The van der Waals surface area contributed by atoms with Crippen molar-refractivity contribution < 1.29 is 9.59 Å². The molecule has 1 atom stereocenters. The van der Waals surface area contributed by atoms with E-state index in [1.54, 1.807) is 18.2 Å². The van der Waals surface area contributed by atoms with Gasteiger partial charge in [-0.25, -0.2) is 0 Å². The Morgan fingerprint density at radius 3 is 2.67 bits per heavy atom. The molecule has 0 aliphatic heterocycles. The fourth-order valence-corrected chi connectivity index (χ4v) is 2.00. The number of nitrogen functional groups attached to an aromatic ring is 1. The number of nitrogens with two attached hydrogens (primary N) is 1. The van der Waals surface area contributed by atoms with Crippen LogP contribution in [0.2, 0.25) is 0 Å². The number of alkyl halides is 1. The van der Waals surface area contributed by atoms with Gasteiger partial charge in [-0.2, -0.15) is 0 Å². The number of Topliss-reactive ketones (excluding diaryl/α,β-unsaturated/α-hetero) is 2. The summed E-state index contributed by atoms with van der Waals surface area (Å²) in [5.74, 6) is -0.772. The van der Waals surface area contributed by atoms with Crippen LogP contribution in [-0.4, -0.2) is 22.1 Å². The molecule has 2 rings (SSSR count). The smallest absolute Gasteiger partial charge is 0.210 e. The lowest BCUT2D eigenvalue weighted by molar-refractivity contribution is 0.0971. The van der Waals surface area contributed by atoms with Crippen LogP contribution in [0.5, 0.6) is 0 Å². The summed E-state index contributed by atoms with van der Waals surface area (Å²) in [6, 6.07) is 4.71. The molecule has 0 saturated heterocycles. The van der Waals surface area contributed by atoms with Crippen LogP contribution in [0.1, 0.15) is 20.7 Å². The van der Waals surface area contributed by atoms with Crippen molar-refractivity contribution >= 4 is 38.9 Å². The molecule has 3 N–H and O–H groups in total. The number of fused-ring (bicyclic) bond motifs is 1. The lowest BCUT2D eigenvalue weighted by atomic mass is 9.87. The Hall–Kier alpha value is -1.49. The van der Waals surface area contributed by atoms with Gasteiger partial charge in [-0.1, -0.05) is 28.1 Å². The summed E-state index contributed by atoms with van der Waals surface area (Å²) < 4.78 is 0. The number of carbonyl (C=O) groups excluding carboxylic acids is 2. The predicted octanol–water partition coefficient (Wildman–Crippen LogP) is 1.43. The van der Waals surface area contributed by atoms with Gasteiger partial charge in [0.2, 0.25) is 5.78 Å². The molecule has 1 aromatic carbocycles. The molecule has 0 aromatic heterocycles. The van der Waals surface area contributed by atoms with Crippen LogP contribution in [0, 0.1) is 5.41 Å². The minimum absolute atomic E-state index is 0.156. The molecule has 5 heteroatoms. The van der Waals surface area contributed by atoms with Crippen LogP contribution >= 0.6 is 15.9 Å². The van der Waals surface area contributed by atoms with Gasteiger partial charge in [0.25, 0.3) is 0 Å². The molecule has 1 unspecified atom stereocenters. The SMILES string of the molecule is N=C1C(=O)c2c(N)cccc2C(=O)C1Br. The quantitative estimate of drug-likeness (QED) is 0.551. The summed E-state index contributed by atoms with van der Waals surface area (Å²) >= 11 is 3.02. The van der Waals surface area contributed by atoms with Crippen LogP contribution in [0.3, 0.4) is 0 Å². The van der Waals surface area contributed by atoms with Crippen LogP contribution in [-0.2, 0) is 0 Å². The second-order valence-electron chi connectivity index (χ2n) is 3.24. The molecule has 15 heavy (non-hydrogen) atoms. The molecule has 0 amide bonds. The lowest BCUT2D eigenvalue weighted by Gasteiger charge is -2.19. The number of benzene rings is 1.